The van der Waals surface area contributed by atoms with Gasteiger partial charge in [0.05, 0.1) is 9.79 Å². The molecule has 3 N–H and O–H groups in total. The summed E-state index contributed by atoms with van der Waals surface area (Å²) in [6.45, 7) is 1.53. The molecule has 1 aliphatic rings. The number of nitrogens with zero attached hydrogens (tertiary/aromatic N) is 1. The Hall–Kier alpha value is -4.00. The van der Waals surface area contributed by atoms with Crippen molar-refractivity contribution in [2.24, 2.45) is 5.14 Å². The predicted molar refractivity (Wildman–Crippen MR) is 142 cm³/mol. The summed E-state index contributed by atoms with van der Waals surface area (Å²) in [6, 6.07) is 18.2. The highest BCUT2D eigenvalue weighted by atomic mass is 32.2. The van der Waals surface area contributed by atoms with Crippen LogP contribution in [-0.2, 0) is 40.8 Å². The highest BCUT2D eigenvalue weighted by molar-refractivity contribution is 7.92. The SMILES string of the molecule is CC1Cc2ccccc2N1C(=O)COC(=O)/C=C/c1ccc(S(=O)(=O)Nc2ccc(S(N)(=O)=O)cc2)cc1. The Morgan fingerprint density at radius 2 is 1.61 bits per heavy atom. The number of nitrogens with two attached hydrogens (primary N) is 1. The van der Waals surface area contributed by atoms with Gasteiger partial charge in [-0.05, 0) is 73.0 Å². The summed E-state index contributed by atoms with van der Waals surface area (Å²) in [6.07, 6.45) is 3.34. The summed E-state index contributed by atoms with van der Waals surface area (Å²) in [5, 5.41) is 5.04. The molecule has 0 fully saturated rings. The number of sulfonamides is 2. The van der Waals surface area contributed by atoms with Crippen LogP contribution >= 0.6 is 0 Å². The quantitative estimate of drug-likeness (QED) is 0.320. The Bertz CT molecular complexity index is 1600. The van der Waals surface area contributed by atoms with Crippen molar-refractivity contribution in [3.05, 3.63) is 90.0 Å². The van der Waals surface area contributed by atoms with Crippen LogP contribution in [0.4, 0.5) is 11.4 Å². The molecule has 0 aromatic heterocycles. The minimum Gasteiger partial charge on any atom is -0.452 e. The lowest BCUT2D eigenvalue weighted by Crippen LogP contribution is -2.38. The van der Waals surface area contributed by atoms with Gasteiger partial charge in [-0.15, -0.1) is 0 Å². The molecule has 3 aromatic rings. The number of nitrogens with one attached hydrogen (secondary N) is 1. The van der Waals surface area contributed by atoms with Crippen molar-refractivity contribution in [2.45, 2.75) is 29.2 Å². The van der Waals surface area contributed by atoms with E-state index in [4.69, 9.17) is 9.88 Å². The molecule has 12 heteroatoms. The number of benzene rings is 3. The number of esters is 1. The molecule has 1 heterocycles. The van der Waals surface area contributed by atoms with Crippen LogP contribution in [0, 0.1) is 0 Å². The number of carbonyl (C=O) groups excluding carboxylic acids is 2. The average molecular weight is 556 g/mol. The molecule has 0 spiro atoms. The molecule has 0 bridgehead atoms. The highest BCUT2D eigenvalue weighted by Crippen LogP contribution is 2.31. The Balaban J connectivity index is 1.33. The number of anilines is 2. The molecule has 1 atom stereocenters. The van der Waals surface area contributed by atoms with Crippen molar-refractivity contribution in [3.63, 3.8) is 0 Å². The average Bonchev–Trinajstić information content (AvgIpc) is 3.21. The van der Waals surface area contributed by atoms with E-state index in [-0.39, 0.29) is 27.4 Å². The number of ether oxygens (including phenoxy) is 1. The van der Waals surface area contributed by atoms with E-state index in [9.17, 15) is 26.4 Å². The topological polar surface area (TPSA) is 153 Å². The van der Waals surface area contributed by atoms with Gasteiger partial charge in [0.2, 0.25) is 10.0 Å². The number of hydrogen-bond donors (Lipinski definition) is 2. The number of carbonyl (C=O) groups is 2. The molecule has 1 amide bonds. The molecule has 38 heavy (non-hydrogen) atoms. The van der Waals surface area contributed by atoms with Crippen molar-refractivity contribution < 1.29 is 31.2 Å². The third-order valence-corrected chi connectivity index (χ3v) is 8.18. The molecule has 10 nitrogen and oxygen atoms in total. The van der Waals surface area contributed by atoms with Crippen molar-refractivity contribution in [1.29, 1.82) is 0 Å². The maximum absolute atomic E-state index is 12.6. The van der Waals surface area contributed by atoms with Crippen LogP contribution in [0.2, 0.25) is 0 Å². The molecule has 1 unspecified atom stereocenters. The minimum atomic E-state index is -3.95. The Kier molecular flexibility index (Phi) is 7.67. The van der Waals surface area contributed by atoms with Gasteiger partial charge in [-0.3, -0.25) is 9.52 Å². The van der Waals surface area contributed by atoms with E-state index >= 15 is 0 Å². The molecule has 0 radical (unpaired) electrons. The zero-order valence-corrected chi connectivity index (χ0v) is 21.9. The van der Waals surface area contributed by atoms with E-state index in [1.54, 1.807) is 4.90 Å². The summed E-state index contributed by atoms with van der Waals surface area (Å²) in [5.41, 5.74) is 2.58. The van der Waals surface area contributed by atoms with Crippen LogP contribution in [0.5, 0.6) is 0 Å². The second-order valence-electron chi connectivity index (χ2n) is 8.63. The largest absolute Gasteiger partial charge is 0.452 e. The third-order valence-electron chi connectivity index (χ3n) is 5.85. The van der Waals surface area contributed by atoms with Gasteiger partial charge < -0.3 is 9.64 Å². The molecule has 0 saturated heterocycles. The first-order chi connectivity index (χ1) is 17.9. The van der Waals surface area contributed by atoms with E-state index in [2.05, 4.69) is 4.72 Å². The normalized spacial score (nSPS) is 15.3. The number of para-hydroxylation sites is 1. The molecular formula is C26H25N3O7S2. The van der Waals surface area contributed by atoms with Gasteiger partial charge in [0, 0.05) is 23.5 Å². The number of fused-ring (bicyclic) bond motifs is 1. The van der Waals surface area contributed by atoms with Crippen LogP contribution in [0.3, 0.4) is 0 Å². The van der Waals surface area contributed by atoms with Gasteiger partial charge in [-0.2, -0.15) is 0 Å². The second-order valence-corrected chi connectivity index (χ2v) is 11.9. The number of hydrogen-bond acceptors (Lipinski definition) is 7. The maximum atomic E-state index is 12.6. The Morgan fingerprint density at radius 3 is 2.26 bits per heavy atom. The van der Waals surface area contributed by atoms with Gasteiger partial charge in [0.15, 0.2) is 6.61 Å². The second kappa shape index (κ2) is 10.8. The summed E-state index contributed by atoms with van der Waals surface area (Å²) in [5.74, 6) is -1.02. The Labute approximate surface area is 220 Å². The van der Waals surface area contributed by atoms with Crippen molar-refractivity contribution in [1.82, 2.24) is 0 Å². The monoisotopic (exact) mass is 555 g/mol. The maximum Gasteiger partial charge on any atom is 0.331 e. The molecule has 3 aromatic carbocycles. The molecule has 4 rings (SSSR count). The number of amides is 1. The van der Waals surface area contributed by atoms with E-state index in [0.717, 1.165) is 23.7 Å². The number of primary sulfonamides is 1. The van der Waals surface area contributed by atoms with E-state index in [1.807, 2.05) is 31.2 Å². The standard InChI is InChI=1S/C26H25N3O7S2/c1-18-16-20-4-2-3-5-24(20)29(18)25(30)17-36-26(31)15-8-19-6-11-23(12-7-19)38(34,35)28-21-9-13-22(14-10-21)37(27,32)33/h2-15,18,28H,16-17H2,1H3,(H2,27,32,33)/b15-8+. The smallest absolute Gasteiger partial charge is 0.331 e. The predicted octanol–water partition coefficient (Wildman–Crippen LogP) is 2.67. The molecule has 198 valence electrons. The van der Waals surface area contributed by atoms with Crippen LogP contribution in [0.25, 0.3) is 6.08 Å². The fourth-order valence-corrected chi connectivity index (χ4v) is 5.62. The van der Waals surface area contributed by atoms with Gasteiger partial charge in [0.25, 0.3) is 15.9 Å². The van der Waals surface area contributed by atoms with Crippen LogP contribution < -0.4 is 14.8 Å². The first-order valence-corrected chi connectivity index (χ1v) is 14.5. The van der Waals surface area contributed by atoms with Crippen LogP contribution in [0.15, 0.2) is 88.7 Å². The summed E-state index contributed by atoms with van der Waals surface area (Å²) < 4.78 is 55.4. The lowest BCUT2D eigenvalue weighted by Gasteiger charge is -2.22. The van der Waals surface area contributed by atoms with Gasteiger partial charge in [0.1, 0.15) is 0 Å². The van der Waals surface area contributed by atoms with Gasteiger partial charge in [-0.1, -0.05) is 30.3 Å². The highest BCUT2D eigenvalue weighted by Gasteiger charge is 2.30. The first kappa shape index (κ1) is 27.0. The summed E-state index contributed by atoms with van der Waals surface area (Å²) >= 11 is 0. The fourth-order valence-electron chi connectivity index (χ4n) is 4.05. The molecule has 1 aliphatic heterocycles. The van der Waals surface area contributed by atoms with Crippen molar-refractivity contribution >= 4 is 49.4 Å². The van der Waals surface area contributed by atoms with E-state index in [1.165, 1.54) is 54.6 Å². The van der Waals surface area contributed by atoms with Crippen LogP contribution in [0.1, 0.15) is 18.1 Å². The van der Waals surface area contributed by atoms with Crippen LogP contribution in [-0.4, -0.2) is 41.4 Å². The van der Waals surface area contributed by atoms with Gasteiger partial charge in [-0.25, -0.2) is 26.8 Å². The fraction of sp³-hybridized carbons (Fsp3) is 0.154. The lowest BCUT2D eigenvalue weighted by molar-refractivity contribution is -0.143. The summed E-state index contributed by atoms with van der Waals surface area (Å²) in [4.78, 5) is 26.2. The lowest BCUT2D eigenvalue weighted by atomic mass is 10.1. The van der Waals surface area contributed by atoms with Crippen molar-refractivity contribution in [2.75, 3.05) is 16.2 Å². The number of rotatable bonds is 8. The molecular weight excluding hydrogens is 530 g/mol. The molecule has 0 aliphatic carbocycles. The zero-order valence-electron chi connectivity index (χ0n) is 20.3. The van der Waals surface area contributed by atoms with E-state index < -0.39 is 32.6 Å². The first-order valence-electron chi connectivity index (χ1n) is 11.4. The minimum absolute atomic E-state index is 0.0279. The van der Waals surface area contributed by atoms with Gasteiger partial charge >= 0.3 is 5.97 Å². The van der Waals surface area contributed by atoms with E-state index in [0.29, 0.717) is 5.56 Å². The molecule has 0 saturated carbocycles. The summed E-state index contributed by atoms with van der Waals surface area (Å²) in [7, 11) is -7.84. The third kappa shape index (κ3) is 6.28. The Morgan fingerprint density at radius 1 is 0.974 bits per heavy atom. The zero-order chi connectivity index (χ0) is 27.5. The van der Waals surface area contributed by atoms with Crippen molar-refractivity contribution in [3.8, 4) is 0 Å².